The Labute approximate surface area is 142 Å². The molecule has 0 bridgehead atoms. The second-order valence-electron chi connectivity index (χ2n) is 5.95. The van der Waals surface area contributed by atoms with Crippen molar-refractivity contribution in [3.05, 3.63) is 29.8 Å². The molecular formula is C17H25N3O4. The number of hydrogen-bond donors (Lipinski definition) is 2. The Hall–Kier alpha value is -2.12. The minimum absolute atomic E-state index is 0.0733. The Balaban J connectivity index is 1.80. The molecule has 1 heterocycles. The zero-order chi connectivity index (χ0) is 17.5. The van der Waals surface area contributed by atoms with E-state index in [1.54, 1.807) is 14.1 Å². The molecule has 1 aliphatic heterocycles. The third-order valence-electron chi connectivity index (χ3n) is 3.74. The molecule has 0 spiro atoms. The monoisotopic (exact) mass is 335 g/mol. The van der Waals surface area contributed by atoms with Gasteiger partial charge in [0.1, 0.15) is 0 Å². The van der Waals surface area contributed by atoms with E-state index in [0.717, 1.165) is 11.3 Å². The summed E-state index contributed by atoms with van der Waals surface area (Å²) in [6.07, 6.45) is 0.637. The molecule has 0 saturated carbocycles. The fourth-order valence-corrected chi connectivity index (χ4v) is 2.30. The Bertz CT molecular complexity index is 553. The number of ether oxygens (including phenoxy) is 2. The van der Waals surface area contributed by atoms with Crippen LogP contribution >= 0.6 is 0 Å². The smallest absolute Gasteiger partial charge is 0.317 e. The average Bonchev–Trinajstić information content (AvgIpc) is 3.07. The lowest BCUT2D eigenvalue weighted by Crippen LogP contribution is -2.36. The van der Waals surface area contributed by atoms with Gasteiger partial charge >= 0.3 is 6.03 Å². The van der Waals surface area contributed by atoms with E-state index in [1.165, 1.54) is 4.90 Å². The number of carbonyl (C=O) groups is 2. The summed E-state index contributed by atoms with van der Waals surface area (Å²) in [5.41, 5.74) is 1.69. The first kappa shape index (κ1) is 18.2. The first-order valence-corrected chi connectivity index (χ1v) is 8.06. The lowest BCUT2D eigenvalue weighted by Gasteiger charge is -2.18. The van der Waals surface area contributed by atoms with Crippen LogP contribution in [0.2, 0.25) is 0 Å². The van der Waals surface area contributed by atoms with E-state index in [1.807, 2.05) is 31.2 Å². The van der Waals surface area contributed by atoms with Crippen LogP contribution in [0.3, 0.4) is 0 Å². The predicted molar refractivity (Wildman–Crippen MR) is 90.6 cm³/mol. The minimum atomic E-state index is -0.265. The SMILES string of the molecule is CC(NC(=O)N(C)C)c1ccc(NC(=O)CCC2OCCO2)cc1. The number of carbonyl (C=O) groups excluding carboxylic acids is 2. The van der Waals surface area contributed by atoms with Crippen molar-refractivity contribution in [2.24, 2.45) is 0 Å². The van der Waals surface area contributed by atoms with Crippen LogP contribution in [0.5, 0.6) is 0 Å². The number of amides is 3. The lowest BCUT2D eigenvalue weighted by molar-refractivity contribution is -0.118. The number of rotatable bonds is 6. The number of benzene rings is 1. The molecule has 132 valence electrons. The Morgan fingerprint density at radius 3 is 2.42 bits per heavy atom. The summed E-state index contributed by atoms with van der Waals surface area (Å²) in [5, 5.41) is 5.72. The lowest BCUT2D eigenvalue weighted by atomic mass is 10.1. The van der Waals surface area contributed by atoms with Gasteiger partial charge in [-0.25, -0.2) is 4.79 Å². The van der Waals surface area contributed by atoms with Gasteiger partial charge in [0, 0.05) is 32.6 Å². The molecule has 1 aromatic carbocycles. The normalized spacial score (nSPS) is 15.8. The number of nitrogens with one attached hydrogen (secondary N) is 2. The van der Waals surface area contributed by atoms with E-state index in [9.17, 15) is 9.59 Å². The van der Waals surface area contributed by atoms with Crippen molar-refractivity contribution in [3.63, 3.8) is 0 Å². The molecule has 7 heteroatoms. The van der Waals surface area contributed by atoms with Crippen molar-refractivity contribution in [2.75, 3.05) is 32.6 Å². The maximum absolute atomic E-state index is 11.9. The summed E-state index contributed by atoms with van der Waals surface area (Å²) >= 11 is 0. The van der Waals surface area contributed by atoms with Crippen molar-refractivity contribution in [1.29, 1.82) is 0 Å². The van der Waals surface area contributed by atoms with Gasteiger partial charge in [-0.3, -0.25) is 4.79 Å². The van der Waals surface area contributed by atoms with E-state index in [2.05, 4.69) is 10.6 Å². The third kappa shape index (κ3) is 5.50. The highest BCUT2D eigenvalue weighted by Crippen LogP contribution is 2.17. The van der Waals surface area contributed by atoms with Gasteiger partial charge in [-0.05, 0) is 24.6 Å². The fourth-order valence-electron chi connectivity index (χ4n) is 2.30. The molecule has 0 radical (unpaired) electrons. The summed E-state index contributed by atoms with van der Waals surface area (Å²) in [6.45, 7) is 3.10. The maximum atomic E-state index is 11.9. The van der Waals surface area contributed by atoms with Crippen LogP contribution < -0.4 is 10.6 Å². The zero-order valence-electron chi connectivity index (χ0n) is 14.4. The molecule has 1 atom stereocenters. The summed E-state index contributed by atoms with van der Waals surface area (Å²) in [4.78, 5) is 25.1. The molecule has 0 aliphatic carbocycles. The van der Waals surface area contributed by atoms with E-state index < -0.39 is 0 Å². The largest absolute Gasteiger partial charge is 0.350 e. The van der Waals surface area contributed by atoms with E-state index in [0.29, 0.717) is 26.1 Å². The summed E-state index contributed by atoms with van der Waals surface area (Å²) < 4.78 is 10.6. The molecule has 7 nitrogen and oxygen atoms in total. The number of anilines is 1. The molecular weight excluding hydrogens is 310 g/mol. The standard InChI is InChI=1S/C17H25N3O4/c1-12(18-17(22)20(2)3)13-4-6-14(7-5-13)19-15(21)8-9-16-23-10-11-24-16/h4-7,12,16H,8-11H2,1-3H3,(H,18,22)(H,19,21). The van der Waals surface area contributed by atoms with Crippen LogP contribution in [0.1, 0.15) is 31.4 Å². The molecule has 2 N–H and O–H groups in total. The van der Waals surface area contributed by atoms with Gasteiger partial charge in [0.2, 0.25) is 5.91 Å². The molecule has 3 amide bonds. The highest BCUT2D eigenvalue weighted by molar-refractivity contribution is 5.90. The van der Waals surface area contributed by atoms with Crippen molar-refractivity contribution < 1.29 is 19.1 Å². The molecule has 2 rings (SSSR count). The molecule has 24 heavy (non-hydrogen) atoms. The number of nitrogens with zero attached hydrogens (tertiary/aromatic N) is 1. The molecule has 1 unspecified atom stereocenters. The highest BCUT2D eigenvalue weighted by Gasteiger charge is 2.17. The van der Waals surface area contributed by atoms with Gasteiger partial charge in [-0.2, -0.15) is 0 Å². The van der Waals surface area contributed by atoms with Gasteiger partial charge in [-0.15, -0.1) is 0 Å². The van der Waals surface area contributed by atoms with Crippen molar-refractivity contribution >= 4 is 17.6 Å². The number of urea groups is 1. The van der Waals surface area contributed by atoms with Gasteiger partial charge in [0.15, 0.2) is 6.29 Å². The summed E-state index contributed by atoms with van der Waals surface area (Å²) in [7, 11) is 3.39. The molecule has 1 aromatic rings. The van der Waals surface area contributed by atoms with Crippen LogP contribution in [0, 0.1) is 0 Å². The summed E-state index contributed by atoms with van der Waals surface area (Å²) in [5.74, 6) is -0.0733. The van der Waals surface area contributed by atoms with E-state index >= 15 is 0 Å². The van der Waals surface area contributed by atoms with E-state index in [-0.39, 0.29) is 24.3 Å². The van der Waals surface area contributed by atoms with Gasteiger partial charge in [0.25, 0.3) is 0 Å². The van der Waals surface area contributed by atoms with Crippen molar-refractivity contribution in [1.82, 2.24) is 10.2 Å². The van der Waals surface area contributed by atoms with Crippen LogP contribution in [0.4, 0.5) is 10.5 Å². The summed E-state index contributed by atoms with van der Waals surface area (Å²) in [6, 6.07) is 7.18. The molecule has 1 fully saturated rings. The van der Waals surface area contributed by atoms with Gasteiger partial charge in [0.05, 0.1) is 19.3 Å². The van der Waals surface area contributed by atoms with E-state index in [4.69, 9.17) is 9.47 Å². The van der Waals surface area contributed by atoms with Crippen LogP contribution in [-0.4, -0.2) is 50.4 Å². The Morgan fingerprint density at radius 1 is 1.21 bits per heavy atom. The van der Waals surface area contributed by atoms with Crippen molar-refractivity contribution in [3.8, 4) is 0 Å². The van der Waals surface area contributed by atoms with Gasteiger partial charge in [-0.1, -0.05) is 12.1 Å². The fraction of sp³-hybridized carbons (Fsp3) is 0.529. The third-order valence-corrected chi connectivity index (χ3v) is 3.74. The predicted octanol–water partition coefficient (Wildman–Crippen LogP) is 2.11. The van der Waals surface area contributed by atoms with Crippen molar-refractivity contribution in [2.45, 2.75) is 32.1 Å². The topological polar surface area (TPSA) is 79.9 Å². The average molecular weight is 335 g/mol. The highest BCUT2D eigenvalue weighted by atomic mass is 16.7. The van der Waals surface area contributed by atoms with Crippen LogP contribution in [0.15, 0.2) is 24.3 Å². The van der Waals surface area contributed by atoms with Crippen LogP contribution in [-0.2, 0) is 14.3 Å². The quantitative estimate of drug-likeness (QED) is 0.834. The zero-order valence-corrected chi connectivity index (χ0v) is 14.4. The molecule has 1 saturated heterocycles. The first-order chi connectivity index (χ1) is 11.5. The first-order valence-electron chi connectivity index (χ1n) is 8.06. The Morgan fingerprint density at radius 2 is 1.83 bits per heavy atom. The second kappa shape index (κ2) is 8.65. The minimum Gasteiger partial charge on any atom is -0.350 e. The molecule has 1 aliphatic rings. The van der Waals surface area contributed by atoms with Gasteiger partial charge < -0.3 is 25.0 Å². The second-order valence-corrected chi connectivity index (χ2v) is 5.95. The number of hydrogen-bond acceptors (Lipinski definition) is 4. The molecule has 0 aromatic heterocycles. The Kier molecular flexibility index (Phi) is 6.57. The van der Waals surface area contributed by atoms with Crippen LogP contribution in [0.25, 0.3) is 0 Å². The maximum Gasteiger partial charge on any atom is 0.317 e.